The van der Waals surface area contributed by atoms with Crippen molar-refractivity contribution in [2.24, 2.45) is 0 Å². The molecule has 0 aliphatic carbocycles. The van der Waals surface area contributed by atoms with Gasteiger partial charge in [-0.2, -0.15) is 0 Å². The SMILES string of the molecule is CCC(C)(O)CNC(C)CCc1ccc(OC)cc1. The third kappa shape index (κ3) is 6.08. The Hall–Kier alpha value is -1.06. The number of hydrogen-bond donors (Lipinski definition) is 2. The van der Waals surface area contributed by atoms with Crippen molar-refractivity contribution in [3.63, 3.8) is 0 Å². The summed E-state index contributed by atoms with van der Waals surface area (Å²) in [5.74, 6) is 0.897. The number of aliphatic hydroxyl groups is 1. The monoisotopic (exact) mass is 265 g/mol. The van der Waals surface area contributed by atoms with E-state index in [4.69, 9.17) is 4.74 Å². The van der Waals surface area contributed by atoms with Gasteiger partial charge in [0.15, 0.2) is 0 Å². The van der Waals surface area contributed by atoms with Crippen LogP contribution in [-0.2, 0) is 6.42 Å². The summed E-state index contributed by atoms with van der Waals surface area (Å²) in [4.78, 5) is 0. The van der Waals surface area contributed by atoms with E-state index in [0.717, 1.165) is 25.0 Å². The van der Waals surface area contributed by atoms with Gasteiger partial charge in [-0.05, 0) is 50.8 Å². The summed E-state index contributed by atoms with van der Waals surface area (Å²) in [5.41, 5.74) is 0.714. The topological polar surface area (TPSA) is 41.5 Å². The molecule has 3 heteroatoms. The van der Waals surface area contributed by atoms with Crippen molar-refractivity contribution < 1.29 is 9.84 Å². The fourth-order valence-electron chi connectivity index (χ4n) is 1.80. The fraction of sp³-hybridized carbons (Fsp3) is 0.625. The Labute approximate surface area is 117 Å². The first-order valence-electron chi connectivity index (χ1n) is 7.05. The van der Waals surface area contributed by atoms with Crippen LogP contribution in [0, 0.1) is 0 Å². The van der Waals surface area contributed by atoms with E-state index in [1.54, 1.807) is 7.11 Å². The number of hydrogen-bond acceptors (Lipinski definition) is 3. The van der Waals surface area contributed by atoms with Gasteiger partial charge in [0.25, 0.3) is 0 Å². The van der Waals surface area contributed by atoms with E-state index < -0.39 is 5.60 Å². The second kappa shape index (κ2) is 7.51. The first kappa shape index (κ1) is 16.0. The van der Waals surface area contributed by atoms with Crippen molar-refractivity contribution in [3.05, 3.63) is 29.8 Å². The molecule has 0 fully saturated rings. The van der Waals surface area contributed by atoms with E-state index in [0.29, 0.717) is 12.6 Å². The molecule has 0 spiro atoms. The number of benzene rings is 1. The molecular weight excluding hydrogens is 238 g/mol. The van der Waals surface area contributed by atoms with Crippen LogP contribution in [-0.4, -0.2) is 30.4 Å². The highest BCUT2D eigenvalue weighted by molar-refractivity contribution is 5.27. The third-order valence-corrected chi connectivity index (χ3v) is 3.62. The van der Waals surface area contributed by atoms with E-state index >= 15 is 0 Å². The Bertz CT molecular complexity index is 360. The number of aryl methyl sites for hydroxylation is 1. The third-order valence-electron chi connectivity index (χ3n) is 3.62. The summed E-state index contributed by atoms with van der Waals surface area (Å²) < 4.78 is 5.14. The van der Waals surface area contributed by atoms with Crippen molar-refractivity contribution in [1.82, 2.24) is 5.32 Å². The Balaban J connectivity index is 2.31. The van der Waals surface area contributed by atoms with Crippen molar-refractivity contribution >= 4 is 0 Å². The second-order valence-electron chi connectivity index (χ2n) is 5.52. The van der Waals surface area contributed by atoms with Gasteiger partial charge in [-0.3, -0.25) is 0 Å². The first-order valence-corrected chi connectivity index (χ1v) is 7.05. The van der Waals surface area contributed by atoms with Crippen LogP contribution < -0.4 is 10.1 Å². The molecule has 1 aromatic rings. The summed E-state index contributed by atoms with van der Waals surface area (Å²) in [6.07, 6.45) is 2.86. The van der Waals surface area contributed by atoms with Crippen LogP contribution in [0.3, 0.4) is 0 Å². The van der Waals surface area contributed by atoms with Crippen molar-refractivity contribution in [3.8, 4) is 5.75 Å². The molecule has 0 saturated carbocycles. The molecule has 0 aliphatic heterocycles. The van der Waals surface area contributed by atoms with Crippen molar-refractivity contribution in [1.29, 1.82) is 0 Å². The molecule has 0 bridgehead atoms. The first-order chi connectivity index (χ1) is 8.96. The Morgan fingerprint density at radius 3 is 2.47 bits per heavy atom. The predicted molar refractivity (Wildman–Crippen MR) is 79.7 cm³/mol. The molecular formula is C16H27NO2. The Morgan fingerprint density at radius 2 is 1.95 bits per heavy atom. The largest absolute Gasteiger partial charge is 0.497 e. The lowest BCUT2D eigenvalue weighted by Gasteiger charge is -2.24. The van der Waals surface area contributed by atoms with Gasteiger partial charge in [0.2, 0.25) is 0 Å². The number of rotatable bonds is 8. The lowest BCUT2D eigenvalue weighted by molar-refractivity contribution is 0.0531. The average molecular weight is 265 g/mol. The molecule has 2 unspecified atom stereocenters. The summed E-state index contributed by atoms with van der Waals surface area (Å²) in [5, 5.41) is 13.3. The molecule has 108 valence electrons. The summed E-state index contributed by atoms with van der Waals surface area (Å²) >= 11 is 0. The second-order valence-corrected chi connectivity index (χ2v) is 5.52. The Morgan fingerprint density at radius 1 is 1.32 bits per heavy atom. The zero-order chi connectivity index (χ0) is 14.3. The van der Waals surface area contributed by atoms with Crippen molar-refractivity contribution in [2.75, 3.05) is 13.7 Å². The summed E-state index contributed by atoms with van der Waals surface area (Å²) in [6, 6.07) is 8.60. The van der Waals surface area contributed by atoms with E-state index in [9.17, 15) is 5.11 Å². The van der Waals surface area contributed by atoms with Crippen LogP contribution in [0.5, 0.6) is 5.75 Å². The van der Waals surface area contributed by atoms with Gasteiger partial charge in [0, 0.05) is 12.6 Å². The predicted octanol–water partition coefficient (Wildman–Crippen LogP) is 2.77. The van der Waals surface area contributed by atoms with Gasteiger partial charge in [0.05, 0.1) is 12.7 Å². The summed E-state index contributed by atoms with van der Waals surface area (Å²) in [6.45, 7) is 6.68. The van der Waals surface area contributed by atoms with Gasteiger partial charge < -0.3 is 15.2 Å². The van der Waals surface area contributed by atoms with Crippen LogP contribution in [0.4, 0.5) is 0 Å². The lowest BCUT2D eigenvalue weighted by atomic mass is 10.0. The maximum absolute atomic E-state index is 9.94. The minimum absolute atomic E-state index is 0.403. The van der Waals surface area contributed by atoms with E-state index in [1.807, 2.05) is 26.0 Å². The zero-order valence-electron chi connectivity index (χ0n) is 12.6. The van der Waals surface area contributed by atoms with Gasteiger partial charge in [0.1, 0.15) is 5.75 Å². The molecule has 2 atom stereocenters. The van der Waals surface area contributed by atoms with Crippen LogP contribution >= 0.6 is 0 Å². The van der Waals surface area contributed by atoms with Gasteiger partial charge >= 0.3 is 0 Å². The smallest absolute Gasteiger partial charge is 0.118 e. The highest BCUT2D eigenvalue weighted by Crippen LogP contribution is 2.13. The molecule has 0 amide bonds. The van der Waals surface area contributed by atoms with E-state index in [1.165, 1.54) is 5.56 Å². The molecule has 19 heavy (non-hydrogen) atoms. The normalized spacial score (nSPS) is 15.8. The van der Waals surface area contributed by atoms with Crippen LogP contribution in [0.15, 0.2) is 24.3 Å². The maximum Gasteiger partial charge on any atom is 0.118 e. The number of nitrogens with one attached hydrogen (secondary N) is 1. The number of methoxy groups -OCH3 is 1. The zero-order valence-corrected chi connectivity index (χ0v) is 12.6. The molecule has 1 aromatic carbocycles. The summed E-state index contributed by atoms with van der Waals surface area (Å²) in [7, 11) is 1.68. The molecule has 0 saturated heterocycles. The van der Waals surface area contributed by atoms with E-state index in [2.05, 4.69) is 24.4 Å². The van der Waals surface area contributed by atoms with Crippen LogP contribution in [0.25, 0.3) is 0 Å². The molecule has 2 N–H and O–H groups in total. The minimum atomic E-state index is -0.603. The highest BCUT2D eigenvalue weighted by Gasteiger charge is 2.17. The van der Waals surface area contributed by atoms with Crippen LogP contribution in [0.1, 0.15) is 39.2 Å². The quantitative estimate of drug-likeness (QED) is 0.759. The average Bonchev–Trinajstić information content (AvgIpc) is 2.43. The van der Waals surface area contributed by atoms with Gasteiger partial charge in [-0.25, -0.2) is 0 Å². The highest BCUT2D eigenvalue weighted by atomic mass is 16.5. The molecule has 0 heterocycles. The standard InChI is InChI=1S/C16H27NO2/c1-5-16(3,18)12-17-13(2)6-7-14-8-10-15(19-4)11-9-14/h8-11,13,17-18H,5-7,12H2,1-4H3. The lowest BCUT2D eigenvalue weighted by Crippen LogP contribution is -2.41. The fourth-order valence-corrected chi connectivity index (χ4v) is 1.80. The molecule has 0 aliphatic rings. The molecule has 3 nitrogen and oxygen atoms in total. The molecule has 0 radical (unpaired) electrons. The van der Waals surface area contributed by atoms with Crippen LogP contribution in [0.2, 0.25) is 0 Å². The maximum atomic E-state index is 9.94. The Kier molecular flexibility index (Phi) is 6.32. The van der Waals surface area contributed by atoms with E-state index in [-0.39, 0.29) is 0 Å². The van der Waals surface area contributed by atoms with Gasteiger partial charge in [-0.1, -0.05) is 19.1 Å². The minimum Gasteiger partial charge on any atom is -0.497 e. The molecule has 1 rings (SSSR count). The molecule has 0 aromatic heterocycles. The number of ether oxygens (including phenoxy) is 1. The van der Waals surface area contributed by atoms with Crippen molar-refractivity contribution in [2.45, 2.75) is 51.7 Å². The van der Waals surface area contributed by atoms with Gasteiger partial charge in [-0.15, -0.1) is 0 Å².